The smallest absolute Gasteiger partial charge is 0.126 e. The Labute approximate surface area is 109 Å². The standard InChI is InChI=1S/C13H14FN3S/c1-8-2-3-9(6-11(8)14)13-12(18-17-16-13)7-15-10-4-5-10/h2-3,6,10,15H,4-5,7H2,1H3. The lowest BCUT2D eigenvalue weighted by atomic mass is 10.1. The van der Waals surface area contributed by atoms with Crippen LogP contribution in [0.25, 0.3) is 11.3 Å². The predicted molar refractivity (Wildman–Crippen MR) is 69.9 cm³/mol. The lowest BCUT2D eigenvalue weighted by Crippen LogP contribution is -2.14. The van der Waals surface area contributed by atoms with Crippen molar-refractivity contribution >= 4 is 11.5 Å². The Bertz CT molecular complexity index is 563. The van der Waals surface area contributed by atoms with Crippen LogP contribution in [0.5, 0.6) is 0 Å². The van der Waals surface area contributed by atoms with Crippen molar-refractivity contribution in [2.45, 2.75) is 32.4 Å². The van der Waals surface area contributed by atoms with Gasteiger partial charge in [-0.1, -0.05) is 16.6 Å². The molecule has 0 unspecified atom stereocenters. The van der Waals surface area contributed by atoms with E-state index in [9.17, 15) is 4.39 Å². The van der Waals surface area contributed by atoms with E-state index >= 15 is 0 Å². The van der Waals surface area contributed by atoms with Gasteiger partial charge in [0.2, 0.25) is 0 Å². The molecule has 0 amide bonds. The molecule has 0 radical (unpaired) electrons. The highest BCUT2D eigenvalue weighted by molar-refractivity contribution is 7.05. The van der Waals surface area contributed by atoms with Gasteiger partial charge in [-0.3, -0.25) is 0 Å². The second kappa shape index (κ2) is 4.74. The van der Waals surface area contributed by atoms with E-state index in [2.05, 4.69) is 14.9 Å². The number of hydrogen-bond acceptors (Lipinski definition) is 4. The zero-order valence-corrected chi connectivity index (χ0v) is 10.9. The molecular weight excluding hydrogens is 249 g/mol. The summed E-state index contributed by atoms with van der Waals surface area (Å²) in [5.74, 6) is -0.193. The molecule has 1 fully saturated rings. The van der Waals surface area contributed by atoms with E-state index in [0.29, 0.717) is 11.6 Å². The van der Waals surface area contributed by atoms with Crippen LogP contribution in [0, 0.1) is 12.7 Å². The normalized spacial score (nSPS) is 15.0. The SMILES string of the molecule is Cc1ccc(-c2nnsc2CNC2CC2)cc1F. The summed E-state index contributed by atoms with van der Waals surface area (Å²) in [5, 5.41) is 7.55. The summed E-state index contributed by atoms with van der Waals surface area (Å²) >= 11 is 1.38. The van der Waals surface area contributed by atoms with Gasteiger partial charge >= 0.3 is 0 Å². The third-order valence-corrected chi connectivity index (χ3v) is 3.85. The molecule has 0 bridgehead atoms. The van der Waals surface area contributed by atoms with E-state index in [1.54, 1.807) is 13.0 Å². The van der Waals surface area contributed by atoms with Gasteiger partial charge in [0.1, 0.15) is 11.5 Å². The van der Waals surface area contributed by atoms with Crippen molar-refractivity contribution in [3.05, 3.63) is 34.5 Å². The predicted octanol–water partition coefficient (Wildman–Crippen LogP) is 2.90. The van der Waals surface area contributed by atoms with Gasteiger partial charge in [-0.15, -0.1) is 5.10 Å². The molecule has 5 heteroatoms. The second-order valence-electron chi connectivity index (χ2n) is 4.66. The van der Waals surface area contributed by atoms with Crippen molar-refractivity contribution in [3.8, 4) is 11.3 Å². The van der Waals surface area contributed by atoms with Crippen LogP contribution >= 0.6 is 11.5 Å². The molecule has 1 saturated carbocycles. The average Bonchev–Trinajstić information content (AvgIpc) is 3.08. The van der Waals surface area contributed by atoms with Crippen molar-refractivity contribution in [1.29, 1.82) is 0 Å². The number of benzene rings is 1. The quantitative estimate of drug-likeness (QED) is 0.921. The maximum atomic E-state index is 13.6. The first-order valence-corrected chi connectivity index (χ1v) is 6.82. The number of aromatic nitrogens is 2. The fourth-order valence-electron chi connectivity index (χ4n) is 1.81. The van der Waals surface area contributed by atoms with E-state index in [4.69, 9.17) is 0 Å². The fraction of sp³-hybridized carbons (Fsp3) is 0.385. The molecule has 1 aliphatic rings. The monoisotopic (exact) mass is 263 g/mol. The van der Waals surface area contributed by atoms with Gasteiger partial charge < -0.3 is 5.32 Å². The molecular formula is C13H14FN3S. The van der Waals surface area contributed by atoms with Crippen molar-refractivity contribution in [3.63, 3.8) is 0 Å². The van der Waals surface area contributed by atoms with Gasteiger partial charge in [-0.2, -0.15) is 0 Å². The van der Waals surface area contributed by atoms with E-state index in [1.165, 1.54) is 30.4 Å². The van der Waals surface area contributed by atoms with Gasteiger partial charge in [0.15, 0.2) is 0 Å². The molecule has 0 atom stereocenters. The number of halogens is 1. The Balaban J connectivity index is 1.85. The van der Waals surface area contributed by atoms with E-state index in [1.807, 2.05) is 6.07 Å². The number of hydrogen-bond donors (Lipinski definition) is 1. The molecule has 3 nitrogen and oxygen atoms in total. The summed E-state index contributed by atoms with van der Waals surface area (Å²) in [6.45, 7) is 2.53. The summed E-state index contributed by atoms with van der Waals surface area (Å²) in [6, 6.07) is 5.86. The Morgan fingerprint density at radius 2 is 2.28 bits per heavy atom. The number of aryl methyl sites for hydroxylation is 1. The highest BCUT2D eigenvalue weighted by atomic mass is 32.1. The van der Waals surface area contributed by atoms with Crippen molar-refractivity contribution in [1.82, 2.24) is 14.9 Å². The minimum Gasteiger partial charge on any atom is -0.309 e. The van der Waals surface area contributed by atoms with Crippen LogP contribution in [0.15, 0.2) is 18.2 Å². The van der Waals surface area contributed by atoms with Crippen LogP contribution in [0.1, 0.15) is 23.3 Å². The second-order valence-corrected chi connectivity index (χ2v) is 5.50. The zero-order valence-electron chi connectivity index (χ0n) is 10.1. The Hall–Kier alpha value is -1.33. The molecule has 0 saturated heterocycles. The van der Waals surface area contributed by atoms with Crippen LogP contribution in [0.4, 0.5) is 4.39 Å². The summed E-state index contributed by atoms with van der Waals surface area (Å²) in [6.07, 6.45) is 2.50. The first-order valence-electron chi connectivity index (χ1n) is 6.05. The molecule has 1 aliphatic carbocycles. The first-order chi connectivity index (χ1) is 8.74. The highest BCUT2D eigenvalue weighted by Gasteiger charge is 2.21. The highest BCUT2D eigenvalue weighted by Crippen LogP contribution is 2.27. The molecule has 18 heavy (non-hydrogen) atoms. The van der Waals surface area contributed by atoms with Crippen molar-refractivity contribution < 1.29 is 4.39 Å². The molecule has 94 valence electrons. The van der Waals surface area contributed by atoms with E-state index in [0.717, 1.165) is 22.7 Å². The number of nitrogens with one attached hydrogen (secondary N) is 1. The van der Waals surface area contributed by atoms with Gasteiger partial charge in [0, 0.05) is 18.2 Å². The fourth-order valence-corrected chi connectivity index (χ4v) is 2.42. The summed E-state index contributed by atoms with van der Waals surface area (Å²) < 4.78 is 17.5. The molecule has 1 heterocycles. The van der Waals surface area contributed by atoms with Crippen LogP contribution in [0.2, 0.25) is 0 Å². The Kier molecular flexibility index (Phi) is 3.09. The third-order valence-electron chi connectivity index (χ3n) is 3.13. The lowest BCUT2D eigenvalue weighted by molar-refractivity contribution is 0.619. The van der Waals surface area contributed by atoms with Gasteiger partial charge in [-0.25, -0.2) is 4.39 Å². The van der Waals surface area contributed by atoms with Gasteiger partial charge in [-0.05, 0) is 42.9 Å². The summed E-state index contributed by atoms with van der Waals surface area (Å²) in [5.41, 5.74) is 2.26. The third kappa shape index (κ3) is 2.42. The van der Waals surface area contributed by atoms with Crippen LogP contribution in [-0.2, 0) is 6.54 Å². The van der Waals surface area contributed by atoms with E-state index < -0.39 is 0 Å². The maximum absolute atomic E-state index is 13.6. The zero-order chi connectivity index (χ0) is 12.5. The molecule has 1 aromatic carbocycles. The average molecular weight is 263 g/mol. The molecule has 3 rings (SSSR count). The molecule has 0 spiro atoms. The van der Waals surface area contributed by atoms with Crippen LogP contribution in [0.3, 0.4) is 0 Å². The Morgan fingerprint density at radius 1 is 1.44 bits per heavy atom. The van der Waals surface area contributed by atoms with Gasteiger partial charge in [0.25, 0.3) is 0 Å². The summed E-state index contributed by atoms with van der Waals surface area (Å²) in [4.78, 5) is 1.07. The maximum Gasteiger partial charge on any atom is 0.126 e. The number of rotatable bonds is 4. The largest absolute Gasteiger partial charge is 0.309 e. The van der Waals surface area contributed by atoms with Gasteiger partial charge in [0.05, 0.1) is 4.88 Å². The molecule has 2 aromatic rings. The Morgan fingerprint density at radius 3 is 3.00 bits per heavy atom. The molecule has 1 aromatic heterocycles. The molecule has 0 aliphatic heterocycles. The molecule has 1 N–H and O–H groups in total. The topological polar surface area (TPSA) is 37.8 Å². The minimum atomic E-state index is -0.193. The van der Waals surface area contributed by atoms with Crippen LogP contribution in [-0.4, -0.2) is 15.6 Å². The number of nitrogens with zero attached hydrogens (tertiary/aromatic N) is 2. The van der Waals surface area contributed by atoms with E-state index in [-0.39, 0.29) is 5.82 Å². The summed E-state index contributed by atoms with van der Waals surface area (Å²) in [7, 11) is 0. The minimum absolute atomic E-state index is 0.193. The van der Waals surface area contributed by atoms with Crippen molar-refractivity contribution in [2.75, 3.05) is 0 Å². The lowest BCUT2D eigenvalue weighted by Gasteiger charge is -2.04. The van der Waals surface area contributed by atoms with Crippen LogP contribution < -0.4 is 5.32 Å². The first kappa shape index (κ1) is 11.7. The van der Waals surface area contributed by atoms with Crippen molar-refractivity contribution in [2.24, 2.45) is 0 Å².